The van der Waals surface area contributed by atoms with Crippen molar-refractivity contribution < 1.29 is 4.39 Å². The Morgan fingerprint density at radius 3 is 2.53 bits per heavy atom. The summed E-state index contributed by atoms with van der Waals surface area (Å²) in [6, 6.07) is 16.1. The van der Waals surface area contributed by atoms with E-state index in [1.54, 1.807) is 23.9 Å². The summed E-state index contributed by atoms with van der Waals surface area (Å²) in [6.45, 7) is 0. The first-order valence-electron chi connectivity index (χ1n) is 5.71. The van der Waals surface area contributed by atoms with E-state index in [1.807, 2.05) is 30.3 Å². The summed E-state index contributed by atoms with van der Waals surface area (Å²) in [4.78, 5) is 6.27. The number of nitrogens with zero attached hydrogens (tertiary/aromatic N) is 1. The maximum Gasteiger partial charge on any atom is 0.130 e. The molecule has 3 rings (SSSR count). The summed E-state index contributed by atoms with van der Waals surface area (Å²) in [6.07, 6.45) is 0. The maximum absolute atomic E-state index is 12.9. The van der Waals surface area contributed by atoms with Gasteiger partial charge in [0, 0.05) is 15.2 Å². The van der Waals surface area contributed by atoms with Crippen LogP contribution in [0.2, 0.25) is 5.15 Å². The highest BCUT2D eigenvalue weighted by atomic mass is 35.5. The standard InChI is InChI=1S/C15H9ClFNS/c16-15-9-14(12-3-1-2-4-13(12)18-15)19-11-7-5-10(17)6-8-11/h1-9H. The lowest BCUT2D eigenvalue weighted by molar-refractivity contribution is 0.626. The first kappa shape index (κ1) is 12.5. The van der Waals surface area contributed by atoms with Gasteiger partial charge in [-0.25, -0.2) is 9.37 Å². The summed E-state index contributed by atoms with van der Waals surface area (Å²) >= 11 is 7.58. The van der Waals surface area contributed by atoms with E-state index in [4.69, 9.17) is 11.6 Å². The predicted octanol–water partition coefficient (Wildman–Crippen LogP) is 5.18. The van der Waals surface area contributed by atoms with Crippen LogP contribution in [0.25, 0.3) is 10.9 Å². The molecule has 0 spiro atoms. The van der Waals surface area contributed by atoms with Gasteiger partial charge in [0.15, 0.2) is 0 Å². The highest BCUT2D eigenvalue weighted by Crippen LogP contribution is 2.34. The van der Waals surface area contributed by atoms with Crippen LogP contribution in [0, 0.1) is 5.82 Å². The van der Waals surface area contributed by atoms with Gasteiger partial charge in [0.05, 0.1) is 5.52 Å². The third kappa shape index (κ3) is 2.72. The molecule has 0 saturated carbocycles. The minimum Gasteiger partial charge on any atom is -0.236 e. The molecule has 0 radical (unpaired) electrons. The molecule has 94 valence electrons. The second-order valence-corrected chi connectivity index (χ2v) is 5.52. The van der Waals surface area contributed by atoms with Crippen LogP contribution in [0.1, 0.15) is 0 Å². The molecular weight excluding hydrogens is 281 g/mol. The monoisotopic (exact) mass is 289 g/mol. The van der Waals surface area contributed by atoms with E-state index in [1.165, 1.54) is 12.1 Å². The van der Waals surface area contributed by atoms with Crippen LogP contribution in [-0.2, 0) is 0 Å². The van der Waals surface area contributed by atoms with Crippen molar-refractivity contribution in [2.75, 3.05) is 0 Å². The van der Waals surface area contributed by atoms with E-state index in [2.05, 4.69) is 4.98 Å². The minimum absolute atomic E-state index is 0.234. The Morgan fingerprint density at radius 1 is 1.00 bits per heavy atom. The first-order chi connectivity index (χ1) is 9.22. The van der Waals surface area contributed by atoms with Gasteiger partial charge in [-0.1, -0.05) is 41.6 Å². The quantitative estimate of drug-likeness (QED) is 0.603. The molecule has 0 bridgehead atoms. The molecule has 0 N–H and O–H groups in total. The summed E-state index contributed by atoms with van der Waals surface area (Å²) < 4.78 is 12.9. The van der Waals surface area contributed by atoms with Crippen LogP contribution in [-0.4, -0.2) is 4.98 Å². The van der Waals surface area contributed by atoms with Crippen LogP contribution in [0.4, 0.5) is 4.39 Å². The first-order valence-corrected chi connectivity index (χ1v) is 6.90. The summed E-state index contributed by atoms with van der Waals surface area (Å²) in [5.74, 6) is -0.234. The van der Waals surface area contributed by atoms with Crippen molar-refractivity contribution >= 4 is 34.3 Å². The van der Waals surface area contributed by atoms with E-state index >= 15 is 0 Å². The van der Waals surface area contributed by atoms with Gasteiger partial charge in [-0.3, -0.25) is 0 Å². The number of halogens is 2. The number of rotatable bonds is 2. The van der Waals surface area contributed by atoms with E-state index in [9.17, 15) is 4.39 Å². The Kier molecular flexibility index (Phi) is 3.40. The average molecular weight is 290 g/mol. The van der Waals surface area contributed by atoms with Gasteiger partial charge in [0.2, 0.25) is 0 Å². The van der Waals surface area contributed by atoms with E-state index in [0.29, 0.717) is 5.15 Å². The summed E-state index contributed by atoms with van der Waals surface area (Å²) in [7, 11) is 0. The van der Waals surface area contributed by atoms with Gasteiger partial charge in [-0.05, 0) is 36.4 Å². The van der Waals surface area contributed by atoms with Gasteiger partial charge in [0.1, 0.15) is 11.0 Å². The molecule has 0 aliphatic heterocycles. The van der Waals surface area contributed by atoms with E-state index in [0.717, 1.165) is 20.7 Å². The van der Waals surface area contributed by atoms with Crippen LogP contribution < -0.4 is 0 Å². The second kappa shape index (κ2) is 5.19. The van der Waals surface area contributed by atoms with Crippen LogP contribution in [0.3, 0.4) is 0 Å². The molecule has 0 amide bonds. The maximum atomic E-state index is 12.9. The van der Waals surface area contributed by atoms with Crippen molar-refractivity contribution in [2.45, 2.75) is 9.79 Å². The molecule has 0 atom stereocenters. The summed E-state index contributed by atoms with van der Waals surface area (Å²) in [5, 5.41) is 1.50. The third-order valence-electron chi connectivity index (χ3n) is 2.69. The van der Waals surface area contributed by atoms with Crippen molar-refractivity contribution in [2.24, 2.45) is 0 Å². The molecule has 0 fully saturated rings. The lowest BCUT2D eigenvalue weighted by Gasteiger charge is -2.06. The number of hydrogen-bond acceptors (Lipinski definition) is 2. The zero-order valence-corrected chi connectivity index (χ0v) is 11.4. The minimum atomic E-state index is -0.234. The largest absolute Gasteiger partial charge is 0.236 e. The molecule has 3 aromatic rings. The normalized spacial score (nSPS) is 10.8. The fourth-order valence-corrected chi connectivity index (χ4v) is 3.07. The van der Waals surface area contributed by atoms with E-state index < -0.39 is 0 Å². The number of para-hydroxylation sites is 1. The Bertz CT molecular complexity index is 728. The zero-order chi connectivity index (χ0) is 13.2. The molecule has 0 saturated heterocycles. The molecule has 0 aliphatic carbocycles. The third-order valence-corrected chi connectivity index (χ3v) is 3.95. The molecule has 0 aliphatic rings. The van der Waals surface area contributed by atoms with Crippen LogP contribution >= 0.6 is 23.4 Å². The van der Waals surface area contributed by atoms with Crippen molar-refractivity contribution in [3.05, 3.63) is 65.6 Å². The van der Waals surface area contributed by atoms with Crippen LogP contribution in [0.15, 0.2) is 64.4 Å². The Morgan fingerprint density at radius 2 is 1.74 bits per heavy atom. The zero-order valence-electron chi connectivity index (χ0n) is 9.81. The second-order valence-electron chi connectivity index (χ2n) is 4.02. The number of hydrogen-bond donors (Lipinski definition) is 0. The smallest absolute Gasteiger partial charge is 0.130 e. The predicted molar refractivity (Wildman–Crippen MR) is 77.3 cm³/mol. The molecular formula is C15H9ClFNS. The highest BCUT2D eigenvalue weighted by Gasteiger charge is 2.06. The van der Waals surface area contributed by atoms with Gasteiger partial charge in [0.25, 0.3) is 0 Å². The number of pyridine rings is 1. The molecule has 1 aromatic heterocycles. The molecule has 4 heteroatoms. The Balaban J connectivity index is 2.07. The molecule has 2 aromatic carbocycles. The van der Waals surface area contributed by atoms with Gasteiger partial charge in [-0.2, -0.15) is 0 Å². The molecule has 1 heterocycles. The van der Waals surface area contributed by atoms with Crippen molar-refractivity contribution in [1.29, 1.82) is 0 Å². The fraction of sp³-hybridized carbons (Fsp3) is 0. The number of benzene rings is 2. The SMILES string of the molecule is Fc1ccc(Sc2cc(Cl)nc3ccccc23)cc1. The molecule has 0 unspecified atom stereocenters. The van der Waals surface area contributed by atoms with Crippen molar-refractivity contribution in [3.8, 4) is 0 Å². The van der Waals surface area contributed by atoms with Crippen LogP contribution in [0.5, 0.6) is 0 Å². The lowest BCUT2D eigenvalue weighted by Crippen LogP contribution is -1.84. The van der Waals surface area contributed by atoms with Gasteiger partial charge in [-0.15, -0.1) is 0 Å². The van der Waals surface area contributed by atoms with Crippen molar-refractivity contribution in [1.82, 2.24) is 4.98 Å². The molecule has 19 heavy (non-hydrogen) atoms. The lowest BCUT2D eigenvalue weighted by atomic mass is 10.2. The van der Waals surface area contributed by atoms with E-state index in [-0.39, 0.29) is 5.82 Å². The molecule has 1 nitrogen and oxygen atoms in total. The van der Waals surface area contributed by atoms with Crippen molar-refractivity contribution in [3.63, 3.8) is 0 Å². The average Bonchev–Trinajstić information content (AvgIpc) is 2.41. The Labute approximate surface area is 119 Å². The van der Waals surface area contributed by atoms with Gasteiger partial charge >= 0.3 is 0 Å². The Hall–Kier alpha value is -1.58. The topological polar surface area (TPSA) is 12.9 Å². The summed E-state index contributed by atoms with van der Waals surface area (Å²) in [5.41, 5.74) is 0.861. The van der Waals surface area contributed by atoms with Gasteiger partial charge < -0.3 is 0 Å². The fourth-order valence-electron chi connectivity index (χ4n) is 1.83. The number of fused-ring (bicyclic) bond motifs is 1. The number of aromatic nitrogens is 1. The highest BCUT2D eigenvalue weighted by molar-refractivity contribution is 7.99.